The first-order chi connectivity index (χ1) is 9.26. The number of carboxylic acids is 1. The van der Waals surface area contributed by atoms with Crippen molar-refractivity contribution in [1.82, 2.24) is 0 Å². The minimum atomic E-state index is -1.38. The summed E-state index contributed by atoms with van der Waals surface area (Å²) in [5, 5.41) is 19.6. The molecule has 0 aliphatic heterocycles. The van der Waals surface area contributed by atoms with E-state index in [4.69, 9.17) is 5.11 Å². The van der Waals surface area contributed by atoms with Crippen molar-refractivity contribution < 1.29 is 19.8 Å². The van der Waals surface area contributed by atoms with Gasteiger partial charge in [0.15, 0.2) is 5.78 Å². The van der Waals surface area contributed by atoms with Crippen LogP contribution in [0.2, 0.25) is 0 Å². The van der Waals surface area contributed by atoms with Crippen LogP contribution in [0.15, 0.2) is 23.3 Å². The molecule has 4 nitrogen and oxygen atoms in total. The van der Waals surface area contributed by atoms with E-state index < -0.39 is 22.4 Å². The molecule has 0 radical (unpaired) electrons. The summed E-state index contributed by atoms with van der Waals surface area (Å²) >= 11 is 0. The molecule has 0 saturated heterocycles. The normalized spacial score (nSPS) is 19.1. The lowest BCUT2D eigenvalue weighted by molar-refractivity contribution is -0.137. The number of carbonyl (C=O) groups is 2. The van der Waals surface area contributed by atoms with Gasteiger partial charge in [-0.05, 0) is 29.4 Å². The van der Waals surface area contributed by atoms with E-state index in [1.54, 1.807) is 0 Å². The SMILES string of the molecule is CC(C)(C)C1=CC(O)(CCC(=O)O)C=C(C(C)(C)C)C1=O. The molecule has 4 heteroatoms. The molecule has 0 fully saturated rings. The summed E-state index contributed by atoms with van der Waals surface area (Å²) < 4.78 is 0. The molecule has 1 rings (SSSR count). The molecule has 0 atom stereocenters. The first kappa shape index (κ1) is 17.6. The lowest BCUT2D eigenvalue weighted by atomic mass is 9.69. The quantitative estimate of drug-likeness (QED) is 0.838. The first-order valence-electron chi connectivity index (χ1n) is 7.22. The van der Waals surface area contributed by atoms with Crippen LogP contribution in [0.5, 0.6) is 0 Å². The van der Waals surface area contributed by atoms with Gasteiger partial charge in [-0.3, -0.25) is 9.59 Å². The standard InChI is InChI=1S/C17H26O4/c1-15(2,3)11-9-17(21,8-7-13(18)19)10-12(14(11)20)16(4,5)6/h9-10,21H,7-8H2,1-6H3,(H,18,19). The van der Waals surface area contributed by atoms with Crippen molar-refractivity contribution in [3.63, 3.8) is 0 Å². The van der Waals surface area contributed by atoms with Crippen LogP contribution in [-0.4, -0.2) is 27.6 Å². The summed E-state index contributed by atoms with van der Waals surface area (Å²) in [5.41, 5.74) is -1.10. The number of aliphatic hydroxyl groups is 1. The lowest BCUT2D eigenvalue weighted by Gasteiger charge is -2.36. The number of hydrogen-bond acceptors (Lipinski definition) is 3. The van der Waals surface area contributed by atoms with Crippen LogP contribution in [0, 0.1) is 10.8 Å². The van der Waals surface area contributed by atoms with Gasteiger partial charge in [-0.15, -0.1) is 0 Å². The zero-order valence-corrected chi connectivity index (χ0v) is 13.8. The summed E-state index contributed by atoms with van der Waals surface area (Å²) in [6.45, 7) is 11.5. The van der Waals surface area contributed by atoms with Gasteiger partial charge in [-0.2, -0.15) is 0 Å². The van der Waals surface area contributed by atoms with Crippen LogP contribution in [0.4, 0.5) is 0 Å². The topological polar surface area (TPSA) is 74.6 Å². The molecule has 0 aromatic heterocycles. The molecule has 2 N–H and O–H groups in total. The van der Waals surface area contributed by atoms with Crippen LogP contribution >= 0.6 is 0 Å². The predicted octanol–water partition coefficient (Wildman–Crippen LogP) is 3.11. The van der Waals surface area contributed by atoms with Crippen molar-refractivity contribution in [2.24, 2.45) is 10.8 Å². The Labute approximate surface area is 126 Å². The summed E-state index contributed by atoms with van der Waals surface area (Å²) in [6.07, 6.45) is 2.99. The van der Waals surface area contributed by atoms with Crippen molar-refractivity contribution in [2.45, 2.75) is 60.0 Å². The number of rotatable bonds is 3. The summed E-state index contributed by atoms with van der Waals surface area (Å²) in [7, 11) is 0. The van der Waals surface area contributed by atoms with Gasteiger partial charge in [0.05, 0.1) is 0 Å². The van der Waals surface area contributed by atoms with Gasteiger partial charge in [-0.25, -0.2) is 0 Å². The summed E-state index contributed by atoms with van der Waals surface area (Å²) in [6, 6.07) is 0. The number of allylic oxidation sites excluding steroid dienone is 2. The molecule has 1 aliphatic carbocycles. The molecule has 0 aromatic rings. The van der Waals surface area contributed by atoms with Gasteiger partial charge in [0.2, 0.25) is 0 Å². The second kappa shape index (κ2) is 5.41. The van der Waals surface area contributed by atoms with Gasteiger partial charge in [0.25, 0.3) is 0 Å². The van der Waals surface area contributed by atoms with Gasteiger partial charge >= 0.3 is 5.97 Å². The highest BCUT2D eigenvalue weighted by Crippen LogP contribution is 2.41. The lowest BCUT2D eigenvalue weighted by Crippen LogP contribution is -2.37. The van der Waals surface area contributed by atoms with Gasteiger partial charge in [0.1, 0.15) is 5.60 Å². The number of ketones is 1. The number of aliphatic carboxylic acids is 1. The Bertz CT molecular complexity index is 476. The third-order valence-corrected chi connectivity index (χ3v) is 3.63. The average molecular weight is 294 g/mol. The number of carboxylic acid groups (broad SMARTS) is 1. The van der Waals surface area contributed by atoms with Crippen LogP contribution < -0.4 is 0 Å². The fourth-order valence-corrected chi connectivity index (χ4v) is 2.38. The van der Waals surface area contributed by atoms with E-state index in [-0.39, 0.29) is 18.6 Å². The van der Waals surface area contributed by atoms with Crippen molar-refractivity contribution in [3.05, 3.63) is 23.3 Å². The van der Waals surface area contributed by atoms with Crippen LogP contribution in [0.1, 0.15) is 54.4 Å². The second-order valence-corrected chi connectivity index (χ2v) is 7.83. The third-order valence-electron chi connectivity index (χ3n) is 3.63. The highest BCUT2D eigenvalue weighted by molar-refractivity contribution is 6.11. The largest absolute Gasteiger partial charge is 0.481 e. The Balaban J connectivity index is 3.34. The Hall–Kier alpha value is -1.42. The second-order valence-electron chi connectivity index (χ2n) is 7.83. The van der Waals surface area contributed by atoms with E-state index in [0.29, 0.717) is 11.1 Å². The zero-order valence-electron chi connectivity index (χ0n) is 13.8. The number of hydrogen-bond donors (Lipinski definition) is 2. The molecule has 0 unspecified atom stereocenters. The van der Waals surface area contributed by atoms with Crippen molar-refractivity contribution in [1.29, 1.82) is 0 Å². The maximum absolute atomic E-state index is 12.7. The molecule has 0 aromatic carbocycles. The van der Waals surface area contributed by atoms with Crippen LogP contribution in [0.3, 0.4) is 0 Å². The van der Waals surface area contributed by atoms with E-state index in [1.165, 1.54) is 12.2 Å². The fourth-order valence-electron chi connectivity index (χ4n) is 2.38. The van der Waals surface area contributed by atoms with Crippen LogP contribution in [-0.2, 0) is 9.59 Å². The molecular weight excluding hydrogens is 268 g/mol. The van der Waals surface area contributed by atoms with Gasteiger partial charge in [-0.1, -0.05) is 41.5 Å². The van der Waals surface area contributed by atoms with Crippen molar-refractivity contribution in [2.75, 3.05) is 0 Å². The molecule has 0 heterocycles. The molecule has 0 bridgehead atoms. The molecule has 21 heavy (non-hydrogen) atoms. The van der Waals surface area contributed by atoms with Crippen molar-refractivity contribution in [3.8, 4) is 0 Å². The highest BCUT2D eigenvalue weighted by Gasteiger charge is 2.40. The minimum absolute atomic E-state index is 0.0602. The monoisotopic (exact) mass is 294 g/mol. The van der Waals surface area contributed by atoms with Crippen LogP contribution in [0.25, 0.3) is 0 Å². The molecule has 0 spiro atoms. The van der Waals surface area contributed by atoms with Gasteiger partial charge in [0, 0.05) is 17.6 Å². The number of carbonyl (C=O) groups excluding carboxylic acids is 1. The fraction of sp³-hybridized carbons (Fsp3) is 0.647. The first-order valence-corrected chi connectivity index (χ1v) is 7.22. The number of Topliss-reactive ketones (excluding diaryl/α,β-unsaturated/α-hetero) is 1. The predicted molar refractivity (Wildman–Crippen MR) is 81.9 cm³/mol. The Morgan fingerprint density at radius 2 is 1.43 bits per heavy atom. The molecule has 0 amide bonds. The Kier molecular flexibility index (Phi) is 4.54. The van der Waals surface area contributed by atoms with E-state index in [0.717, 1.165) is 0 Å². The summed E-state index contributed by atoms with van der Waals surface area (Å²) in [5.74, 6) is -1.02. The smallest absolute Gasteiger partial charge is 0.303 e. The Morgan fingerprint density at radius 1 is 1.05 bits per heavy atom. The molecule has 118 valence electrons. The zero-order chi connectivity index (χ0) is 16.6. The van der Waals surface area contributed by atoms with E-state index in [9.17, 15) is 14.7 Å². The molecular formula is C17H26O4. The van der Waals surface area contributed by atoms with E-state index in [2.05, 4.69) is 0 Å². The maximum Gasteiger partial charge on any atom is 0.303 e. The van der Waals surface area contributed by atoms with Gasteiger partial charge < -0.3 is 10.2 Å². The van der Waals surface area contributed by atoms with E-state index >= 15 is 0 Å². The van der Waals surface area contributed by atoms with Crippen molar-refractivity contribution >= 4 is 11.8 Å². The average Bonchev–Trinajstić information content (AvgIpc) is 2.27. The molecule has 1 aliphatic rings. The Morgan fingerprint density at radius 3 is 1.71 bits per heavy atom. The molecule has 0 saturated carbocycles. The van der Waals surface area contributed by atoms with E-state index in [1.807, 2.05) is 41.5 Å². The third kappa shape index (κ3) is 4.27. The summed E-state index contributed by atoms with van der Waals surface area (Å²) in [4.78, 5) is 23.5. The highest BCUT2D eigenvalue weighted by atomic mass is 16.4. The minimum Gasteiger partial charge on any atom is -0.481 e. The maximum atomic E-state index is 12.7.